The van der Waals surface area contributed by atoms with E-state index in [1.165, 1.54) is 19.3 Å². The van der Waals surface area contributed by atoms with Crippen LogP contribution >= 0.6 is 11.6 Å². The molecule has 0 spiro atoms. The van der Waals surface area contributed by atoms with Gasteiger partial charge in [-0.2, -0.15) is 0 Å². The Morgan fingerprint density at radius 1 is 1.40 bits per heavy atom. The highest BCUT2D eigenvalue weighted by Gasteiger charge is 2.20. The molecule has 2 aromatic heterocycles. The topological polar surface area (TPSA) is 46.4 Å². The average molecular weight is 292 g/mol. The molecule has 2 heterocycles. The van der Waals surface area contributed by atoms with E-state index in [-0.39, 0.29) is 11.8 Å². The van der Waals surface area contributed by atoms with Crippen molar-refractivity contribution in [1.82, 2.24) is 14.7 Å². The first-order chi connectivity index (χ1) is 9.72. The number of fused-ring (bicyclic) bond motifs is 1. The third-order valence-electron chi connectivity index (χ3n) is 3.89. The number of amides is 1. The fourth-order valence-electron chi connectivity index (χ4n) is 2.78. The fraction of sp³-hybridized carbons (Fsp3) is 0.467. The molecule has 106 valence electrons. The number of hydrogen-bond acceptors (Lipinski definition) is 2. The number of imidazole rings is 1. The van der Waals surface area contributed by atoms with Crippen LogP contribution in [-0.4, -0.2) is 15.3 Å². The first-order valence-electron chi connectivity index (χ1n) is 7.13. The van der Waals surface area contributed by atoms with Crippen LogP contribution in [0.25, 0.3) is 5.65 Å². The van der Waals surface area contributed by atoms with Gasteiger partial charge in [0.05, 0.1) is 12.2 Å². The van der Waals surface area contributed by atoms with Gasteiger partial charge in [-0.15, -0.1) is 0 Å². The Morgan fingerprint density at radius 2 is 2.20 bits per heavy atom. The van der Waals surface area contributed by atoms with Crippen LogP contribution < -0.4 is 5.32 Å². The number of nitrogens with one attached hydrogen (secondary N) is 1. The molecule has 0 saturated heterocycles. The van der Waals surface area contributed by atoms with Crippen LogP contribution in [0, 0.1) is 5.92 Å². The summed E-state index contributed by atoms with van der Waals surface area (Å²) in [4.78, 5) is 16.5. The third-order valence-corrected chi connectivity index (χ3v) is 4.13. The summed E-state index contributed by atoms with van der Waals surface area (Å²) in [5, 5.41) is 3.66. The van der Waals surface area contributed by atoms with Crippen molar-refractivity contribution in [3.8, 4) is 0 Å². The number of hydrogen-bond donors (Lipinski definition) is 1. The van der Waals surface area contributed by atoms with E-state index in [0.29, 0.717) is 11.6 Å². The quantitative estimate of drug-likeness (QED) is 0.944. The first kappa shape index (κ1) is 13.4. The van der Waals surface area contributed by atoms with Crippen molar-refractivity contribution in [2.24, 2.45) is 5.92 Å². The number of carbonyl (C=O) groups excluding carboxylic acids is 1. The second-order valence-corrected chi connectivity index (χ2v) is 5.83. The van der Waals surface area contributed by atoms with Gasteiger partial charge in [0.2, 0.25) is 5.91 Å². The zero-order valence-electron chi connectivity index (χ0n) is 11.3. The summed E-state index contributed by atoms with van der Waals surface area (Å²) in [5.41, 5.74) is 1.66. The first-order valence-corrected chi connectivity index (χ1v) is 7.51. The summed E-state index contributed by atoms with van der Waals surface area (Å²) < 4.78 is 1.91. The van der Waals surface area contributed by atoms with Crippen molar-refractivity contribution in [1.29, 1.82) is 0 Å². The zero-order chi connectivity index (χ0) is 13.9. The van der Waals surface area contributed by atoms with E-state index in [0.717, 1.165) is 24.2 Å². The number of rotatable bonds is 3. The van der Waals surface area contributed by atoms with Crippen molar-refractivity contribution < 1.29 is 4.79 Å². The lowest BCUT2D eigenvalue weighted by molar-refractivity contribution is -0.126. The Morgan fingerprint density at radius 3 is 3.00 bits per heavy atom. The van der Waals surface area contributed by atoms with Gasteiger partial charge in [-0.3, -0.25) is 4.79 Å². The maximum absolute atomic E-state index is 12.1. The summed E-state index contributed by atoms with van der Waals surface area (Å²) >= 11 is 5.93. The maximum Gasteiger partial charge on any atom is 0.223 e. The van der Waals surface area contributed by atoms with E-state index in [2.05, 4.69) is 10.3 Å². The van der Waals surface area contributed by atoms with E-state index < -0.39 is 0 Å². The Kier molecular flexibility index (Phi) is 3.92. The molecule has 0 radical (unpaired) electrons. The molecule has 4 nitrogen and oxygen atoms in total. The smallest absolute Gasteiger partial charge is 0.223 e. The van der Waals surface area contributed by atoms with Gasteiger partial charge in [0.15, 0.2) is 0 Å². The number of carbonyl (C=O) groups is 1. The van der Waals surface area contributed by atoms with Crippen molar-refractivity contribution in [3.05, 3.63) is 35.2 Å². The maximum atomic E-state index is 12.1. The summed E-state index contributed by atoms with van der Waals surface area (Å²) in [6.07, 6.45) is 9.44. The summed E-state index contributed by atoms with van der Waals surface area (Å²) in [6.45, 7) is 0.481. The predicted octanol–water partition coefficient (Wildman–Crippen LogP) is 3.18. The van der Waals surface area contributed by atoms with E-state index in [1.54, 1.807) is 0 Å². The molecule has 1 amide bonds. The van der Waals surface area contributed by atoms with Crippen molar-refractivity contribution >= 4 is 23.2 Å². The van der Waals surface area contributed by atoms with Crippen molar-refractivity contribution in [2.75, 3.05) is 0 Å². The second kappa shape index (κ2) is 5.83. The van der Waals surface area contributed by atoms with Crippen LogP contribution in [0.2, 0.25) is 5.02 Å². The number of pyridine rings is 1. The molecular weight excluding hydrogens is 274 g/mol. The lowest BCUT2D eigenvalue weighted by atomic mass is 9.89. The molecular formula is C15H18ClN3O. The van der Waals surface area contributed by atoms with E-state index in [4.69, 9.17) is 11.6 Å². The lowest BCUT2D eigenvalue weighted by Crippen LogP contribution is -2.31. The van der Waals surface area contributed by atoms with Gasteiger partial charge in [0, 0.05) is 23.3 Å². The van der Waals surface area contributed by atoms with Crippen LogP contribution in [0.1, 0.15) is 37.8 Å². The van der Waals surface area contributed by atoms with Gasteiger partial charge in [-0.1, -0.05) is 30.9 Å². The molecule has 1 N–H and O–H groups in total. The monoisotopic (exact) mass is 291 g/mol. The average Bonchev–Trinajstić information content (AvgIpc) is 2.87. The predicted molar refractivity (Wildman–Crippen MR) is 78.6 cm³/mol. The van der Waals surface area contributed by atoms with Crippen molar-refractivity contribution in [2.45, 2.75) is 38.6 Å². The molecule has 0 bridgehead atoms. The molecule has 3 rings (SSSR count). The van der Waals surface area contributed by atoms with Gasteiger partial charge in [0.25, 0.3) is 0 Å². The van der Waals surface area contributed by atoms with Gasteiger partial charge < -0.3 is 9.72 Å². The van der Waals surface area contributed by atoms with Gasteiger partial charge in [-0.25, -0.2) is 4.98 Å². The Labute approximate surface area is 123 Å². The Balaban J connectivity index is 1.63. The minimum Gasteiger partial charge on any atom is -0.350 e. The molecule has 0 atom stereocenters. The van der Waals surface area contributed by atoms with Crippen LogP contribution in [0.15, 0.2) is 24.5 Å². The molecule has 1 fully saturated rings. The van der Waals surface area contributed by atoms with Crippen LogP contribution in [-0.2, 0) is 11.3 Å². The highest BCUT2D eigenvalue weighted by Crippen LogP contribution is 2.23. The van der Waals surface area contributed by atoms with E-state index in [1.807, 2.05) is 28.9 Å². The SMILES string of the molecule is O=C(NCc1cn2ccc(Cl)cc2n1)C1CCCCC1. The largest absolute Gasteiger partial charge is 0.350 e. The molecule has 0 aromatic carbocycles. The highest BCUT2D eigenvalue weighted by molar-refractivity contribution is 6.30. The zero-order valence-corrected chi connectivity index (χ0v) is 12.1. The molecule has 1 aliphatic carbocycles. The molecule has 1 saturated carbocycles. The number of nitrogens with zero attached hydrogens (tertiary/aromatic N) is 2. The van der Waals surface area contributed by atoms with Gasteiger partial charge in [0.1, 0.15) is 5.65 Å². The van der Waals surface area contributed by atoms with Crippen molar-refractivity contribution in [3.63, 3.8) is 0 Å². The number of halogens is 1. The van der Waals surface area contributed by atoms with E-state index >= 15 is 0 Å². The summed E-state index contributed by atoms with van der Waals surface area (Å²) in [7, 11) is 0. The second-order valence-electron chi connectivity index (χ2n) is 5.40. The van der Waals surface area contributed by atoms with Gasteiger partial charge in [-0.05, 0) is 25.0 Å². The third kappa shape index (κ3) is 2.96. The molecule has 1 aliphatic rings. The molecule has 20 heavy (non-hydrogen) atoms. The van der Waals surface area contributed by atoms with Crippen LogP contribution in [0.3, 0.4) is 0 Å². The molecule has 0 unspecified atom stereocenters. The van der Waals surface area contributed by atoms with Crippen LogP contribution in [0.5, 0.6) is 0 Å². The van der Waals surface area contributed by atoms with E-state index in [9.17, 15) is 4.79 Å². The molecule has 5 heteroatoms. The molecule has 0 aliphatic heterocycles. The lowest BCUT2D eigenvalue weighted by Gasteiger charge is -2.20. The Bertz CT molecular complexity index is 617. The van der Waals surface area contributed by atoms with Crippen LogP contribution in [0.4, 0.5) is 0 Å². The number of aromatic nitrogens is 2. The van der Waals surface area contributed by atoms with Gasteiger partial charge >= 0.3 is 0 Å². The minimum absolute atomic E-state index is 0.166. The normalized spacial score (nSPS) is 16.4. The standard InChI is InChI=1S/C15H18ClN3O/c16-12-6-7-19-10-13(18-14(19)8-12)9-17-15(20)11-4-2-1-3-5-11/h6-8,10-11H,1-5,9H2,(H,17,20). The highest BCUT2D eigenvalue weighted by atomic mass is 35.5. The summed E-state index contributed by atoms with van der Waals surface area (Å²) in [6, 6.07) is 3.63. The Hall–Kier alpha value is -1.55. The molecule has 2 aromatic rings. The summed E-state index contributed by atoms with van der Waals surface area (Å²) in [5.74, 6) is 0.356. The fourth-order valence-corrected chi connectivity index (χ4v) is 2.94. The minimum atomic E-state index is 0.166.